The minimum atomic E-state index is -0.0218. The molecule has 310 valence electrons. The van der Waals surface area contributed by atoms with E-state index in [0.717, 1.165) is 73.5 Å². The van der Waals surface area contributed by atoms with Crippen LogP contribution in [0.25, 0.3) is 22.1 Å². The smallest absolute Gasteiger partial charge is 0.512 e. The van der Waals surface area contributed by atoms with Crippen LogP contribution in [-0.4, -0.2) is 104 Å². The molecule has 0 bridgehead atoms. The number of pyridine rings is 2. The third-order valence-electron chi connectivity index (χ3n) is 9.92. The summed E-state index contributed by atoms with van der Waals surface area (Å²) in [4.78, 5) is 42.5. The second kappa shape index (κ2) is 21.3. The molecule has 2 aliphatic rings. The first-order valence-corrected chi connectivity index (χ1v) is 19.9. The van der Waals surface area contributed by atoms with Crippen molar-refractivity contribution in [1.29, 1.82) is 10.5 Å². The van der Waals surface area contributed by atoms with Crippen molar-refractivity contribution >= 4 is 91.0 Å². The van der Waals surface area contributed by atoms with Gasteiger partial charge in [-0.1, -0.05) is 30.6 Å². The summed E-state index contributed by atoms with van der Waals surface area (Å²) < 4.78 is 4.09. The molecule has 0 N–H and O–H groups in total. The Kier molecular flexibility index (Phi) is 16.9. The first-order valence-electron chi connectivity index (χ1n) is 18.1. The van der Waals surface area contributed by atoms with Gasteiger partial charge in [0.25, 0.3) is 0 Å². The van der Waals surface area contributed by atoms with Crippen LogP contribution in [0.1, 0.15) is 24.2 Å². The molecule has 59 heavy (non-hydrogen) atoms. The molecule has 0 radical (unpaired) electrons. The molecule has 0 unspecified atom stereocenters. The number of nitrogens with zero attached hydrogens (tertiary/aromatic N) is 12. The Morgan fingerprint density at radius 2 is 1.14 bits per heavy atom. The number of carbonyl (C=O) groups excluding carboxylic acids is 2. The number of piperazine rings is 2. The average molecular weight is 996 g/mol. The van der Waals surface area contributed by atoms with Gasteiger partial charge in [-0.05, 0) is 108 Å². The predicted molar refractivity (Wildman–Crippen MR) is 234 cm³/mol. The van der Waals surface area contributed by atoms with Gasteiger partial charge < -0.3 is 31.4 Å². The third kappa shape index (κ3) is 10.8. The Labute approximate surface area is 377 Å². The number of anilines is 2. The first kappa shape index (κ1) is 46.7. The molecule has 0 atom stereocenters. The van der Waals surface area contributed by atoms with Crippen LogP contribution in [0, 0.1) is 40.7 Å². The molecule has 4 aromatic heterocycles. The number of aryl methyl sites for hydroxylation is 2. The second-order valence-corrected chi connectivity index (χ2v) is 15.3. The van der Waals surface area contributed by atoms with E-state index in [-0.39, 0.29) is 49.4 Å². The van der Waals surface area contributed by atoms with Crippen molar-refractivity contribution in [2.45, 2.75) is 34.4 Å². The van der Waals surface area contributed by atoms with E-state index in [9.17, 15) is 14.9 Å². The number of fused-ring (bicyclic) bond motifs is 2. The maximum Gasteiger partial charge on any atom is 1.00 e. The number of amides is 2. The predicted octanol–water partition coefficient (Wildman–Crippen LogP) is 6.69. The molecule has 2 amide bonds. The molecule has 2 aromatic carbocycles. The van der Waals surface area contributed by atoms with Gasteiger partial charge in [0.2, 0.25) is 11.8 Å². The normalized spacial score (nSPS) is 13.6. The molecule has 6 aromatic rings. The van der Waals surface area contributed by atoms with E-state index in [2.05, 4.69) is 70.8 Å². The van der Waals surface area contributed by atoms with E-state index in [4.69, 9.17) is 35.0 Å². The molecule has 2 saturated heterocycles. The van der Waals surface area contributed by atoms with Gasteiger partial charge in [-0.15, -0.1) is 0 Å². The molecular weight excluding hydrogens is 954 g/mol. The molecule has 18 heteroatoms. The Hall–Kier alpha value is -4.97. The van der Waals surface area contributed by atoms with E-state index >= 15 is 0 Å². The van der Waals surface area contributed by atoms with Crippen LogP contribution in [0.5, 0.6) is 0 Å². The summed E-state index contributed by atoms with van der Waals surface area (Å²) in [5, 5.41) is 27.4. The number of aromatic nitrogens is 6. The van der Waals surface area contributed by atoms with E-state index in [0.29, 0.717) is 42.9 Å². The molecule has 14 nitrogen and oxygen atoms in total. The van der Waals surface area contributed by atoms with Crippen molar-refractivity contribution in [3.8, 4) is 6.07 Å². The van der Waals surface area contributed by atoms with Gasteiger partial charge >= 0.3 is 17.1 Å². The number of hydrogen-bond donors (Lipinski definition) is 0. The molecule has 2 aliphatic heterocycles. The SMILES string of the molecule is C.Cc1cc(N2CCN(C(=O)Cn3nc(C#N)c4cccnc43)CC2)ccc1Cl.Cc1cc(N2CCN(C(=O)Cn3nc(I)c4cccnc43)CC2)ccc1Cl.[C-]#N.[Cu+]. The van der Waals surface area contributed by atoms with Crippen molar-refractivity contribution in [2.24, 2.45) is 0 Å². The average Bonchev–Trinajstić information content (AvgIpc) is 3.76. The maximum atomic E-state index is 12.8. The summed E-state index contributed by atoms with van der Waals surface area (Å²) in [6.07, 6.45) is 3.37. The second-order valence-electron chi connectivity index (χ2n) is 13.4. The van der Waals surface area contributed by atoms with E-state index in [1.807, 2.05) is 60.0 Å². The number of rotatable bonds is 6. The summed E-state index contributed by atoms with van der Waals surface area (Å²) in [5.41, 5.74) is 5.99. The van der Waals surface area contributed by atoms with Gasteiger partial charge in [0.15, 0.2) is 17.0 Å². The van der Waals surface area contributed by atoms with Crippen molar-refractivity contribution in [3.05, 3.63) is 110 Å². The van der Waals surface area contributed by atoms with Crippen molar-refractivity contribution in [3.63, 3.8) is 0 Å². The van der Waals surface area contributed by atoms with Gasteiger partial charge in [0.05, 0.1) is 10.8 Å². The van der Waals surface area contributed by atoms with Gasteiger partial charge in [-0.2, -0.15) is 15.5 Å². The van der Waals surface area contributed by atoms with Gasteiger partial charge in [0.1, 0.15) is 22.9 Å². The van der Waals surface area contributed by atoms with E-state index in [1.54, 1.807) is 29.2 Å². The van der Waals surface area contributed by atoms with Crippen molar-refractivity contribution in [2.75, 3.05) is 62.2 Å². The van der Waals surface area contributed by atoms with E-state index < -0.39 is 0 Å². The zero-order valence-electron chi connectivity index (χ0n) is 31.6. The number of halogens is 3. The maximum absolute atomic E-state index is 12.8. The molecule has 8 rings (SSSR count). The van der Waals surface area contributed by atoms with Crippen LogP contribution in [0.15, 0.2) is 73.1 Å². The summed E-state index contributed by atoms with van der Waals surface area (Å²) in [5.74, 6) is 0.0554. The number of benzene rings is 2. The first-order chi connectivity index (χ1) is 27.6. The molecule has 2 fully saturated rings. The van der Waals surface area contributed by atoms with Crippen LogP contribution in [0.2, 0.25) is 10.0 Å². The largest absolute Gasteiger partial charge is 1.00 e. The molecule has 6 heterocycles. The van der Waals surface area contributed by atoms with Crippen LogP contribution in [0.4, 0.5) is 11.4 Å². The van der Waals surface area contributed by atoms with Gasteiger partial charge in [-0.3, -0.25) is 9.59 Å². The fourth-order valence-corrected chi connectivity index (χ4v) is 7.74. The zero-order chi connectivity index (χ0) is 40.6. The van der Waals surface area contributed by atoms with Crippen LogP contribution in [-0.2, 0) is 39.7 Å². The Morgan fingerprint density at radius 3 is 1.58 bits per heavy atom. The van der Waals surface area contributed by atoms with Crippen molar-refractivity contribution in [1.82, 2.24) is 39.3 Å². The minimum Gasteiger partial charge on any atom is -0.512 e. The molecule has 0 saturated carbocycles. The van der Waals surface area contributed by atoms with E-state index in [1.165, 1.54) is 4.68 Å². The Morgan fingerprint density at radius 1 is 0.712 bits per heavy atom. The summed E-state index contributed by atoms with van der Waals surface area (Å²) >= 11 is 14.4. The Bertz CT molecular complexity index is 2470. The van der Waals surface area contributed by atoms with Crippen molar-refractivity contribution < 1.29 is 26.7 Å². The summed E-state index contributed by atoms with van der Waals surface area (Å²) in [6.45, 7) is 14.9. The quantitative estimate of drug-likeness (QED) is 0.100. The number of nitriles is 1. The minimum absolute atomic E-state index is 0. The monoisotopic (exact) mass is 994 g/mol. The molecule has 0 aliphatic carbocycles. The standard InChI is InChI=1S/C20H19ClN6O.C19H19ClIN5O.CN.CH4.Cu/c1-14-11-15(4-5-17(14)21)25-7-9-26(10-8-25)19(28)13-27-20-16(3-2-6-23-20)18(12-22)24-27;1-13-11-14(4-5-16(13)20)24-7-9-25(10-8-24)17(27)12-26-19-15(18(21)23-26)3-2-6-22-19;1-2;;/h2-6,11H,7-10,13H2,1H3;2-6,11H,7-10,12H2,1H3;;1H4;/q;;-1;;+1. The Balaban J connectivity index is 0.000000242. The van der Waals surface area contributed by atoms with Crippen LogP contribution in [0.3, 0.4) is 0 Å². The fraction of sp³-hybridized carbons (Fsp3) is 0.317. The summed E-state index contributed by atoms with van der Waals surface area (Å²) in [7, 11) is 0. The van der Waals surface area contributed by atoms with Gasteiger partial charge in [0, 0.05) is 86.2 Å². The van der Waals surface area contributed by atoms with Crippen LogP contribution < -0.4 is 9.80 Å². The number of carbonyl (C=O) groups is 2. The van der Waals surface area contributed by atoms with Gasteiger partial charge in [-0.25, -0.2) is 19.3 Å². The van der Waals surface area contributed by atoms with Crippen LogP contribution >= 0.6 is 45.8 Å². The number of hydrogen-bond acceptors (Lipinski definition) is 10. The summed E-state index contributed by atoms with van der Waals surface area (Å²) in [6, 6.07) is 21.5. The fourth-order valence-electron chi connectivity index (χ4n) is 6.82. The topological polar surface area (TPSA) is 156 Å². The molecule has 0 spiro atoms. The molecular formula is C41H42Cl2CuIN12O2. The zero-order valence-corrected chi connectivity index (χ0v) is 36.2. The third-order valence-corrected chi connectivity index (χ3v) is 11.6.